The fourth-order valence-corrected chi connectivity index (χ4v) is 5.23. The molecule has 35 heavy (non-hydrogen) atoms. The van der Waals surface area contributed by atoms with Crippen molar-refractivity contribution in [3.05, 3.63) is 61.6 Å². The van der Waals surface area contributed by atoms with Gasteiger partial charge in [0.2, 0.25) is 21.8 Å². The van der Waals surface area contributed by atoms with Gasteiger partial charge in [0.1, 0.15) is 12.6 Å². The number of amides is 2. The van der Waals surface area contributed by atoms with E-state index in [4.69, 9.17) is 23.2 Å². The molecule has 7 nitrogen and oxygen atoms in total. The van der Waals surface area contributed by atoms with Crippen molar-refractivity contribution in [2.45, 2.75) is 45.7 Å². The Morgan fingerprint density at radius 1 is 1.06 bits per heavy atom. The van der Waals surface area contributed by atoms with E-state index in [1.165, 1.54) is 4.90 Å². The monoisotopic (exact) mass is 653 g/mol. The first-order valence-corrected chi connectivity index (χ1v) is 14.9. The Labute approximate surface area is 231 Å². The summed E-state index contributed by atoms with van der Waals surface area (Å²) in [6.45, 7) is 3.79. The van der Waals surface area contributed by atoms with Gasteiger partial charge in [-0.1, -0.05) is 49.5 Å². The van der Waals surface area contributed by atoms with Gasteiger partial charge in [0.15, 0.2) is 0 Å². The first-order chi connectivity index (χ1) is 16.5. The summed E-state index contributed by atoms with van der Waals surface area (Å²) in [6.07, 6.45) is 3.09. The van der Waals surface area contributed by atoms with Crippen LogP contribution in [0.4, 0.5) is 5.69 Å². The lowest BCUT2D eigenvalue weighted by Crippen LogP contribution is -2.52. The first kappa shape index (κ1) is 29.7. The average Bonchev–Trinajstić information content (AvgIpc) is 2.79. The quantitative estimate of drug-likeness (QED) is 0.256. The van der Waals surface area contributed by atoms with E-state index < -0.39 is 28.5 Å². The molecule has 192 valence electrons. The molecule has 0 aliphatic carbocycles. The van der Waals surface area contributed by atoms with Crippen molar-refractivity contribution in [2.24, 2.45) is 0 Å². The van der Waals surface area contributed by atoms with Crippen molar-refractivity contribution in [3.8, 4) is 0 Å². The van der Waals surface area contributed by atoms with Crippen LogP contribution < -0.4 is 9.62 Å². The Morgan fingerprint density at radius 2 is 1.66 bits per heavy atom. The molecule has 2 aromatic carbocycles. The molecule has 0 radical (unpaired) electrons. The Balaban J connectivity index is 2.45. The SMILES string of the molecule is CCCCNC(=O)C(CC)N(Cc1c(Cl)cccc1Cl)C(=O)CN(c1ccc(I)cc1)S(C)(=O)=O. The lowest BCUT2D eigenvalue weighted by atomic mass is 10.1. The van der Waals surface area contributed by atoms with Gasteiger partial charge in [-0.25, -0.2) is 8.42 Å². The van der Waals surface area contributed by atoms with Gasteiger partial charge in [0.05, 0.1) is 11.9 Å². The van der Waals surface area contributed by atoms with Crippen molar-refractivity contribution in [3.63, 3.8) is 0 Å². The number of benzene rings is 2. The third-order valence-electron chi connectivity index (χ3n) is 5.40. The zero-order valence-corrected chi connectivity index (χ0v) is 24.4. The molecule has 0 fully saturated rings. The standard InChI is InChI=1S/C24H30Cl2IN3O4S/c1-4-6-14-28-24(32)22(5-2)29(15-19-20(25)8-7-9-21(19)26)23(31)16-30(35(3,33)34)18-12-10-17(27)11-13-18/h7-13,22H,4-6,14-16H2,1-3H3,(H,28,32). The average molecular weight is 654 g/mol. The minimum absolute atomic E-state index is 0.0403. The molecular weight excluding hydrogens is 624 g/mol. The van der Waals surface area contributed by atoms with E-state index >= 15 is 0 Å². The summed E-state index contributed by atoms with van der Waals surface area (Å²) in [5.74, 6) is -0.847. The van der Waals surface area contributed by atoms with Gasteiger partial charge < -0.3 is 10.2 Å². The molecular formula is C24H30Cl2IN3O4S. The van der Waals surface area contributed by atoms with E-state index in [0.29, 0.717) is 34.3 Å². The highest BCUT2D eigenvalue weighted by Crippen LogP contribution is 2.27. The molecule has 1 unspecified atom stereocenters. The van der Waals surface area contributed by atoms with Gasteiger partial charge in [-0.15, -0.1) is 0 Å². The van der Waals surface area contributed by atoms with E-state index in [-0.39, 0.29) is 12.5 Å². The molecule has 0 bridgehead atoms. The van der Waals surface area contributed by atoms with E-state index in [1.807, 2.05) is 6.92 Å². The maximum atomic E-state index is 13.7. The summed E-state index contributed by atoms with van der Waals surface area (Å²) in [5.41, 5.74) is 0.849. The van der Waals surface area contributed by atoms with Crippen molar-refractivity contribution in [2.75, 3.05) is 23.7 Å². The number of carbonyl (C=O) groups is 2. The Hall–Kier alpha value is -1.56. The highest BCUT2D eigenvalue weighted by molar-refractivity contribution is 14.1. The van der Waals surface area contributed by atoms with Crippen molar-refractivity contribution >= 4 is 73.3 Å². The van der Waals surface area contributed by atoms with E-state index in [0.717, 1.165) is 27.0 Å². The summed E-state index contributed by atoms with van der Waals surface area (Å²) >= 11 is 14.9. The molecule has 2 rings (SSSR count). The lowest BCUT2D eigenvalue weighted by Gasteiger charge is -2.33. The van der Waals surface area contributed by atoms with Crippen LogP contribution in [0.15, 0.2) is 42.5 Å². The maximum Gasteiger partial charge on any atom is 0.244 e. The van der Waals surface area contributed by atoms with Crippen molar-refractivity contribution in [1.82, 2.24) is 10.2 Å². The molecule has 0 heterocycles. The largest absolute Gasteiger partial charge is 0.354 e. The third-order valence-corrected chi connectivity index (χ3v) is 7.97. The van der Waals surface area contributed by atoms with E-state index in [9.17, 15) is 18.0 Å². The molecule has 0 saturated heterocycles. The summed E-state index contributed by atoms with van der Waals surface area (Å²) in [7, 11) is -3.79. The zero-order valence-electron chi connectivity index (χ0n) is 19.9. The summed E-state index contributed by atoms with van der Waals surface area (Å²) in [6, 6.07) is 11.0. The summed E-state index contributed by atoms with van der Waals surface area (Å²) < 4.78 is 27.2. The van der Waals surface area contributed by atoms with Crippen molar-refractivity contribution < 1.29 is 18.0 Å². The molecule has 2 amide bonds. The number of hydrogen-bond donors (Lipinski definition) is 1. The second-order valence-corrected chi connectivity index (χ2v) is 12.0. The number of sulfonamides is 1. The number of hydrogen-bond acceptors (Lipinski definition) is 4. The molecule has 11 heteroatoms. The van der Waals surface area contributed by atoms with Crippen LogP contribution in [-0.4, -0.2) is 50.5 Å². The topological polar surface area (TPSA) is 86.8 Å². The van der Waals surface area contributed by atoms with Gasteiger partial charge in [-0.2, -0.15) is 0 Å². The van der Waals surface area contributed by atoms with Crippen LogP contribution in [0.5, 0.6) is 0 Å². The number of carbonyl (C=O) groups excluding carboxylic acids is 2. The van der Waals surface area contributed by atoms with Gasteiger partial charge in [0, 0.05) is 32.3 Å². The molecule has 0 saturated carbocycles. The summed E-state index contributed by atoms with van der Waals surface area (Å²) in [4.78, 5) is 28.1. The predicted octanol–water partition coefficient (Wildman–Crippen LogP) is 5.09. The Morgan fingerprint density at radius 3 is 2.17 bits per heavy atom. The highest BCUT2D eigenvalue weighted by atomic mass is 127. The van der Waals surface area contributed by atoms with E-state index in [1.54, 1.807) is 49.4 Å². The second kappa shape index (κ2) is 13.7. The van der Waals surface area contributed by atoms with Gasteiger partial charge in [-0.05, 0) is 71.8 Å². The van der Waals surface area contributed by atoms with Crippen LogP contribution in [0.3, 0.4) is 0 Å². The normalized spacial score (nSPS) is 12.2. The number of rotatable bonds is 12. The Bertz CT molecular complexity index is 1110. The molecule has 0 aliphatic heterocycles. The van der Waals surface area contributed by atoms with Crippen LogP contribution in [0.25, 0.3) is 0 Å². The predicted molar refractivity (Wildman–Crippen MR) is 150 cm³/mol. The zero-order chi connectivity index (χ0) is 26.2. The minimum Gasteiger partial charge on any atom is -0.354 e. The number of nitrogens with zero attached hydrogens (tertiary/aromatic N) is 2. The number of anilines is 1. The van der Waals surface area contributed by atoms with Crippen molar-refractivity contribution in [1.29, 1.82) is 0 Å². The first-order valence-electron chi connectivity index (χ1n) is 11.2. The molecule has 2 aromatic rings. The van der Waals surface area contributed by atoms with Crippen LogP contribution >= 0.6 is 45.8 Å². The van der Waals surface area contributed by atoms with Gasteiger partial charge >= 0.3 is 0 Å². The van der Waals surface area contributed by atoms with Gasteiger partial charge in [-0.3, -0.25) is 13.9 Å². The summed E-state index contributed by atoms with van der Waals surface area (Å²) in [5, 5.41) is 3.59. The van der Waals surface area contributed by atoms with Gasteiger partial charge in [0.25, 0.3) is 0 Å². The lowest BCUT2D eigenvalue weighted by molar-refractivity contribution is -0.140. The second-order valence-electron chi connectivity index (χ2n) is 8.04. The number of halogens is 3. The fourth-order valence-electron chi connectivity index (χ4n) is 3.50. The highest BCUT2D eigenvalue weighted by Gasteiger charge is 2.32. The molecule has 1 atom stereocenters. The maximum absolute atomic E-state index is 13.7. The molecule has 0 spiro atoms. The Kier molecular flexibility index (Phi) is 11.6. The van der Waals surface area contributed by atoms with E-state index in [2.05, 4.69) is 27.9 Å². The number of nitrogens with one attached hydrogen (secondary N) is 1. The smallest absolute Gasteiger partial charge is 0.244 e. The van der Waals surface area contributed by atoms with Crippen LogP contribution in [0.1, 0.15) is 38.7 Å². The molecule has 0 aliphatic rings. The van der Waals surface area contributed by atoms with Crippen LogP contribution in [-0.2, 0) is 26.2 Å². The minimum atomic E-state index is -3.79. The number of unbranched alkanes of at least 4 members (excludes halogenated alkanes) is 1. The molecule has 1 N–H and O–H groups in total. The third kappa shape index (κ3) is 8.51. The fraction of sp³-hybridized carbons (Fsp3) is 0.417. The van der Waals surface area contributed by atoms with Crippen LogP contribution in [0, 0.1) is 3.57 Å². The molecule has 0 aromatic heterocycles. The van der Waals surface area contributed by atoms with Crippen LogP contribution in [0.2, 0.25) is 10.0 Å².